The molecule has 6 heteroatoms. The zero-order valence-electron chi connectivity index (χ0n) is 59.3. The molecule has 0 saturated carbocycles. The van der Waals surface area contributed by atoms with Crippen molar-refractivity contribution in [3.8, 4) is 56.1 Å². The van der Waals surface area contributed by atoms with E-state index in [9.17, 15) is 0 Å². The Morgan fingerprint density at radius 1 is 0.139 bits per heavy atom. The first-order chi connectivity index (χ1) is 53.5. The molecule has 0 aliphatic heterocycles. The maximum atomic E-state index is 2.46. The van der Waals surface area contributed by atoms with E-state index in [-0.39, 0.29) is 0 Å². The van der Waals surface area contributed by atoms with Gasteiger partial charge in [-0.2, -0.15) is 0 Å². The van der Waals surface area contributed by atoms with Crippen LogP contribution in [-0.2, 0) is 0 Å². The molecule has 0 spiro atoms. The van der Waals surface area contributed by atoms with Crippen molar-refractivity contribution in [1.29, 1.82) is 0 Å². The second-order valence-electron chi connectivity index (χ2n) is 27.4. The minimum Gasteiger partial charge on any atom is -0.311 e. The molecule has 0 amide bonds. The smallest absolute Gasteiger partial charge is 0.0542 e. The van der Waals surface area contributed by atoms with Gasteiger partial charge in [-0.1, -0.05) is 243 Å². The van der Waals surface area contributed by atoms with Crippen molar-refractivity contribution >= 4 is 112 Å². The number of rotatable bonds is 18. The lowest BCUT2D eigenvalue weighted by atomic mass is 10.0. The molecule has 0 unspecified atom stereocenters. The van der Waals surface area contributed by atoms with Gasteiger partial charge in [0.25, 0.3) is 0 Å². The van der Waals surface area contributed by atoms with E-state index in [1.807, 2.05) is 0 Å². The Balaban J connectivity index is 0.748. The van der Waals surface area contributed by atoms with Crippen molar-refractivity contribution in [3.63, 3.8) is 0 Å². The Morgan fingerprint density at radius 3 is 0.667 bits per heavy atom. The summed E-state index contributed by atoms with van der Waals surface area (Å²) in [7, 11) is 0. The van der Waals surface area contributed by atoms with Gasteiger partial charge in [-0.05, 0) is 249 Å². The topological polar surface area (TPSA) is 22.8 Å². The van der Waals surface area contributed by atoms with E-state index < -0.39 is 0 Å². The largest absolute Gasteiger partial charge is 0.311 e. The SMILES string of the molecule is c1ccc(-c2ccc(-c3cc4cc5c(cc(-c6ccc(-c7ccccc7)cc6)n5-c5ccc(N(c6ccc(N(c7ccccc7)c7ccccc7)cc6)c6ccc7ccccc7c6)cc5)cc4n3-c3ccc(N(c4ccc(N(c5ccccc5)c5ccccc5)cc4)c4ccc5ccccc5c4)cc3)cc2)cc1. The number of anilines is 12. The second kappa shape index (κ2) is 28.3. The molecule has 108 heavy (non-hydrogen) atoms. The third-order valence-corrected chi connectivity index (χ3v) is 20.8. The quantitative estimate of drug-likeness (QED) is 0.0854. The van der Waals surface area contributed by atoms with Gasteiger partial charge in [-0.25, -0.2) is 0 Å². The molecular formula is C102H72N6. The van der Waals surface area contributed by atoms with Crippen molar-refractivity contribution in [1.82, 2.24) is 9.13 Å². The van der Waals surface area contributed by atoms with Gasteiger partial charge >= 0.3 is 0 Å². The van der Waals surface area contributed by atoms with E-state index in [1.165, 1.54) is 43.8 Å². The monoisotopic (exact) mass is 1380 g/mol. The first-order valence-electron chi connectivity index (χ1n) is 36.9. The summed E-state index contributed by atoms with van der Waals surface area (Å²) in [6.45, 7) is 0. The predicted molar refractivity (Wildman–Crippen MR) is 456 cm³/mol. The van der Waals surface area contributed by atoms with Crippen LogP contribution in [0, 0.1) is 0 Å². The third-order valence-electron chi connectivity index (χ3n) is 20.8. The van der Waals surface area contributed by atoms with Gasteiger partial charge in [-0.15, -0.1) is 0 Å². The fourth-order valence-electron chi connectivity index (χ4n) is 15.6. The van der Waals surface area contributed by atoms with Crippen molar-refractivity contribution in [2.24, 2.45) is 0 Å². The maximum Gasteiger partial charge on any atom is 0.0542 e. The lowest BCUT2D eigenvalue weighted by Crippen LogP contribution is -2.12. The molecule has 0 aliphatic carbocycles. The normalized spacial score (nSPS) is 11.3. The molecule has 0 N–H and O–H groups in total. The molecular weight excluding hydrogens is 1310 g/mol. The Morgan fingerprint density at radius 2 is 0.361 bits per heavy atom. The maximum absolute atomic E-state index is 2.46. The first-order valence-corrected chi connectivity index (χ1v) is 36.9. The van der Waals surface area contributed by atoms with Gasteiger partial charge in [0.15, 0.2) is 0 Å². The van der Waals surface area contributed by atoms with Gasteiger partial charge in [0.05, 0.1) is 22.4 Å². The number of aromatic nitrogens is 2. The molecule has 17 aromatic carbocycles. The summed E-state index contributed by atoms with van der Waals surface area (Å²) in [5, 5.41) is 6.99. The number of hydrogen-bond acceptors (Lipinski definition) is 4. The fourth-order valence-corrected chi connectivity index (χ4v) is 15.6. The second-order valence-corrected chi connectivity index (χ2v) is 27.4. The number of para-hydroxylation sites is 4. The lowest BCUT2D eigenvalue weighted by molar-refractivity contribution is 1.13. The predicted octanol–water partition coefficient (Wildman–Crippen LogP) is 28.4. The summed E-state index contributed by atoms with van der Waals surface area (Å²) in [6, 6.07) is 158. The highest BCUT2D eigenvalue weighted by Crippen LogP contribution is 2.46. The van der Waals surface area contributed by atoms with Gasteiger partial charge in [0.2, 0.25) is 0 Å². The molecule has 0 aliphatic rings. The zero-order chi connectivity index (χ0) is 71.7. The molecule has 2 aromatic heterocycles. The van der Waals surface area contributed by atoms with Crippen LogP contribution in [0.15, 0.2) is 437 Å². The van der Waals surface area contributed by atoms with Crippen LogP contribution in [0.2, 0.25) is 0 Å². The average molecular weight is 1380 g/mol. The number of fused-ring (bicyclic) bond motifs is 4. The highest BCUT2D eigenvalue weighted by atomic mass is 15.2. The van der Waals surface area contributed by atoms with Crippen LogP contribution in [0.3, 0.4) is 0 Å². The molecule has 2 heterocycles. The Bertz CT molecular complexity index is 5870. The molecule has 0 fully saturated rings. The van der Waals surface area contributed by atoms with Crippen LogP contribution in [0.1, 0.15) is 0 Å². The van der Waals surface area contributed by atoms with E-state index in [2.05, 4.69) is 466 Å². The Hall–Kier alpha value is -14.5. The summed E-state index contributed by atoms with van der Waals surface area (Å²) in [5.41, 5.74) is 26.2. The molecule has 510 valence electrons. The van der Waals surface area contributed by atoms with Crippen molar-refractivity contribution < 1.29 is 0 Å². The molecule has 0 bridgehead atoms. The molecule has 0 radical (unpaired) electrons. The van der Waals surface area contributed by atoms with Crippen LogP contribution in [0.5, 0.6) is 0 Å². The molecule has 19 aromatic rings. The highest BCUT2D eigenvalue weighted by Gasteiger charge is 2.24. The van der Waals surface area contributed by atoms with Crippen LogP contribution in [-0.4, -0.2) is 9.13 Å². The Labute approximate surface area is 629 Å². The van der Waals surface area contributed by atoms with Gasteiger partial charge < -0.3 is 28.7 Å². The van der Waals surface area contributed by atoms with E-state index in [4.69, 9.17) is 0 Å². The number of hydrogen-bond donors (Lipinski definition) is 0. The van der Waals surface area contributed by atoms with Gasteiger partial charge in [0.1, 0.15) is 0 Å². The molecule has 0 saturated heterocycles. The van der Waals surface area contributed by atoms with E-state index >= 15 is 0 Å². The minimum absolute atomic E-state index is 1.04. The highest BCUT2D eigenvalue weighted by molar-refractivity contribution is 6.03. The van der Waals surface area contributed by atoms with Crippen molar-refractivity contribution in [2.45, 2.75) is 0 Å². The first kappa shape index (κ1) is 64.4. The zero-order valence-corrected chi connectivity index (χ0v) is 59.3. The molecule has 0 atom stereocenters. The summed E-state index contributed by atoms with van der Waals surface area (Å²) in [5.74, 6) is 0. The van der Waals surface area contributed by atoms with Crippen LogP contribution in [0.4, 0.5) is 68.2 Å². The summed E-state index contributed by atoms with van der Waals surface area (Å²) in [4.78, 5) is 9.38. The van der Waals surface area contributed by atoms with E-state index in [0.29, 0.717) is 0 Å². The molecule has 6 nitrogen and oxygen atoms in total. The summed E-state index contributed by atoms with van der Waals surface area (Å²) >= 11 is 0. The van der Waals surface area contributed by atoms with Crippen LogP contribution >= 0.6 is 0 Å². The van der Waals surface area contributed by atoms with E-state index in [0.717, 1.165) is 124 Å². The standard InChI is InChI=1S/C102H72N6/c1-7-23-73(24-8-1)77-39-43-79(44-40-77)99-69-83-71-102-84(72-101(83)107(99)95-63-59-93(60-64-95)105(97-49-47-75-27-19-21-29-81(75)67-97)91-55-51-89(52-56-91)103(85-31-11-3-12-32-85)86-33-13-4-14-34-86)70-100(80-45-41-78(42-46-80)74-25-9-2-10-26-74)108(102)96-65-61-94(62-66-96)106(98-50-48-76-28-20-22-30-82(76)68-98)92-57-53-90(54-58-92)104(87-35-15-5-16-36-87)88-37-17-6-18-38-88/h1-72H. The Kier molecular flexibility index (Phi) is 16.9. The fraction of sp³-hybridized carbons (Fsp3) is 0. The average Bonchev–Trinajstić information content (AvgIpc) is 1.25. The van der Waals surface area contributed by atoms with E-state index in [1.54, 1.807) is 0 Å². The van der Waals surface area contributed by atoms with Gasteiger partial charge in [-0.3, -0.25) is 0 Å². The van der Waals surface area contributed by atoms with Crippen LogP contribution < -0.4 is 19.6 Å². The van der Waals surface area contributed by atoms with Crippen molar-refractivity contribution in [3.05, 3.63) is 437 Å². The van der Waals surface area contributed by atoms with Gasteiger partial charge in [0, 0.05) is 90.4 Å². The number of benzene rings is 17. The number of nitrogens with zero attached hydrogens (tertiary/aromatic N) is 6. The third kappa shape index (κ3) is 12.4. The lowest BCUT2D eigenvalue weighted by Gasteiger charge is -2.28. The molecule has 19 rings (SSSR count). The van der Waals surface area contributed by atoms with Crippen LogP contribution in [0.25, 0.3) is 99.5 Å². The van der Waals surface area contributed by atoms with Crippen molar-refractivity contribution in [2.75, 3.05) is 19.6 Å². The minimum atomic E-state index is 1.04. The summed E-state index contributed by atoms with van der Waals surface area (Å²) < 4.78 is 4.92. The summed E-state index contributed by atoms with van der Waals surface area (Å²) in [6.07, 6.45) is 0.